The van der Waals surface area contributed by atoms with Crippen LogP contribution in [-0.2, 0) is 32.7 Å². The standard InChI is InChI=1S/C77H124NO8P/c1-3-5-7-9-11-13-15-17-19-21-23-25-27-29-31-32-33-34-35-36-37-38-39-40-41-42-44-46-48-50-52-54-56-58-60-62-64-66-68-70-77(80)86-75(74-85-87(81,82)84-72-71-78)73-83-76(79)69-67-65-63-61-59-57-55-53-51-49-47-45-43-30-28-26-24-22-20-18-16-14-12-10-8-6-4-2/h5-8,11-14,17-20,23-26,29-31,33-34,36-37,39-40,42-44,47,49,75H,3-4,9-10,15-16,21-22,27-28,32,35,38,41,45-46,48,50-74,78H2,1-2H3,(H,81,82)/b7-5-,8-6-,13-11-,14-12-,19-17-,20-18-,25-23-,26-24-,31-29-,34-33-,37-36-,40-39-,43-30-,44-42-,49-47-. The molecule has 0 amide bonds. The summed E-state index contributed by atoms with van der Waals surface area (Å²) in [5.41, 5.74) is 5.40. The number of esters is 2. The number of ether oxygens (including phenoxy) is 2. The first-order valence-corrected chi connectivity index (χ1v) is 35.8. The Hall–Kier alpha value is -4.89. The Balaban J connectivity index is 3.99. The summed E-state index contributed by atoms with van der Waals surface area (Å²) in [5, 5.41) is 0. The first-order valence-electron chi connectivity index (χ1n) is 34.3. The van der Waals surface area contributed by atoms with Gasteiger partial charge in [-0.2, -0.15) is 0 Å². The zero-order valence-corrected chi connectivity index (χ0v) is 55.8. The van der Waals surface area contributed by atoms with Gasteiger partial charge in [-0.05, 0) is 135 Å². The molecule has 0 spiro atoms. The van der Waals surface area contributed by atoms with Crippen molar-refractivity contribution in [3.05, 3.63) is 182 Å². The lowest BCUT2D eigenvalue weighted by atomic mass is 10.0. The van der Waals surface area contributed by atoms with Gasteiger partial charge in [0.15, 0.2) is 6.10 Å². The molecule has 0 aliphatic rings. The molecule has 0 aromatic rings. The van der Waals surface area contributed by atoms with Crippen LogP contribution in [0.15, 0.2) is 182 Å². The van der Waals surface area contributed by atoms with Gasteiger partial charge in [0.2, 0.25) is 0 Å². The van der Waals surface area contributed by atoms with Crippen LogP contribution in [0.4, 0.5) is 0 Å². The van der Waals surface area contributed by atoms with Gasteiger partial charge in [0.25, 0.3) is 0 Å². The number of rotatable bonds is 62. The zero-order chi connectivity index (χ0) is 63.0. The van der Waals surface area contributed by atoms with Crippen molar-refractivity contribution in [2.24, 2.45) is 5.73 Å². The summed E-state index contributed by atoms with van der Waals surface area (Å²) in [7, 11) is -4.41. The minimum absolute atomic E-state index is 0.0427. The van der Waals surface area contributed by atoms with Crippen molar-refractivity contribution in [2.45, 2.75) is 264 Å². The summed E-state index contributed by atoms with van der Waals surface area (Å²) < 4.78 is 33.1. The van der Waals surface area contributed by atoms with Crippen molar-refractivity contribution >= 4 is 19.8 Å². The van der Waals surface area contributed by atoms with Crippen LogP contribution in [0.3, 0.4) is 0 Å². The number of phosphoric acid groups is 1. The molecule has 0 aliphatic carbocycles. The molecule has 0 rings (SSSR count). The Bertz CT molecular complexity index is 2080. The number of hydrogen-bond acceptors (Lipinski definition) is 8. The fraction of sp³-hybridized carbons (Fsp3) is 0.584. The van der Waals surface area contributed by atoms with Crippen molar-refractivity contribution < 1.29 is 37.6 Å². The fourth-order valence-electron chi connectivity index (χ4n) is 8.81. The van der Waals surface area contributed by atoms with E-state index in [0.29, 0.717) is 12.8 Å². The molecule has 0 aromatic carbocycles. The highest BCUT2D eigenvalue weighted by Gasteiger charge is 2.26. The maximum absolute atomic E-state index is 12.8. The Morgan fingerprint density at radius 1 is 0.345 bits per heavy atom. The van der Waals surface area contributed by atoms with Gasteiger partial charge >= 0.3 is 19.8 Å². The highest BCUT2D eigenvalue weighted by molar-refractivity contribution is 7.47. The third-order valence-electron chi connectivity index (χ3n) is 13.8. The highest BCUT2D eigenvalue weighted by Crippen LogP contribution is 2.43. The molecule has 0 radical (unpaired) electrons. The molecule has 0 aromatic heterocycles. The molecule has 0 fully saturated rings. The van der Waals surface area contributed by atoms with Crippen molar-refractivity contribution in [2.75, 3.05) is 26.4 Å². The minimum Gasteiger partial charge on any atom is -0.462 e. The van der Waals surface area contributed by atoms with Crippen molar-refractivity contribution in [1.29, 1.82) is 0 Å². The van der Waals surface area contributed by atoms with Gasteiger partial charge in [-0.3, -0.25) is 18.6 Å². The molecule has 0 bridgehead atoms. The summed E-state index contributed by atoms with van der Waals surface area (Å²) in [6.45, 7) is 3.49. The normalized spacial score (nSPS) is 14.1. The van der Waals surface area contributed by atoms with Crippen LogP contribution in [-0.4, -0.2) is 49.3 Å². The average molecular weight is 1220 g/mol. The topological polar surface area (TPSA) is 134 Å². The molecule has 0 heterocycles. The van der Waals surface area contributed by atoms with Gasteiger partial charge in [0, 0.05) is 19.4 Å². The number of unbranched alkanes of at least 4 members (excludes halogenated alkanes) is 19. The molecular formula is C77H124NO8P. The Morgan fingerprint density at radius 2 is 0.598 bits per heavy atom. The van der Waals surface area contributed by atoms with E-state index in [0.717, 1.165) is 148 Å². The van der Waals surface area contributed by atoms with Crippen molar-refractivity contribution in [3.63, 3.8) is 0 Å². The van der Waals surface area contributed by atoms with E-state index < -0.39 is 32.5 Å². The molecule has 0 saturated carbocycles. The van der Waals surface area contributed by atoms with E-state index in [1.807, 2.05) is 0 Å². The summed E-state index contributed by atoms with van der Waals surface area (Å²) in [4.78, 5) is 35.3. The predicted octanol–water partition coefficient (Wildman–Crippen LogP) is 22.7. The summed E-state index contributed by atoms with van der Waals surface area (Å²) in [6.07, 6.45) is 105. The maximum atomic E-state index is 12.8. The number of carbonyl (C=O) groups excluding carboxylic acids is 2. The van der Waals surface area contributed by atoms with E-state index in [9.17, 15) is 19.0 Å². The third kappa shape index (κ3) is 70.1. The van der Waals surface area contributed by atoms with Crippen molar-refractivity contribution in [3.8, 4) is 0 Å². The number of phosphoric ester groups is 1. The fourth-order valence-corrected chi connectivity index (χ4v) is 9.57. The SMILES string of the molecule is CC/C=C\C/C=C\C/C=C\C/C=C\C/C=C\C/C=C\C/C=C\C/C=C\C/C=C\CCCCCCCCCCCCCC(=O)OC(COC(=O)CCCCCCCCCC/C=C\C/C=C\C/C=C\C/C=C\C/C=C\C/C=C\CC)COP(=O)(O)OCCN. The van der Waals surface area contributed by atoms with Crippen molar-refractivity contribution in [1.82, 2.24) is 0 Å². The van der Waals surface area contributed by atoms with Gasteiger partial charge in [-0.1, -0.05) is 292 Å². The van der Waals surface area contributed by atoms with E-state index in [1.165, 1.54) is 70.6 Å². The zero-order valence-electron chi connectivity index (χ0n) is 54.9. The lowest BCUT2D eigenvalue weighted by Crippen LogP contribution is -2.29. The number of hydrogen-bond donors (Lipinski definition) is 2. The summed E-state index contributed by atoms with van der Waals surface area (Å²) >= 11 is 0. The lowest BCUT2D eigenvalue weighted by molar-refractivity contribution is -0.161. The van der Waals surface area contributed by atoms with E-state index in [1.54, 1.807) is 0 Å². The molecule has 3 N–H and O–H groups in total. The third-order valence-corrected chi connectivity index (χ3v) is 14.8. The van der Waals surface area contributed by atoms with Gasteiger partial charge < -0.3 is 20.1 Å². The number of carbonyl (C=O) groups is 2. The molecule has 2 unspecified atom stereocenters. The molecule has 0 saturated heterocycles. The molecular weight excluding hydrogens is 1100 g/mol. The van der Waals surface area contributed by atoms with Crippen LogP contribution in [0.2, 0.25) is 0 Å². The van der Waals surface area contributed by atoms with Gasteiger partial charge in [0.05, 0.1) is 13.2 Å². The molecule has 0 aliphatic heterocycles. The Morgan fingerprint density at radius 3 is 0.885 bits per heavy atom. The second-order valence-corrected chi connectivity index (χ2v) is 23.4. The monoisotopic (exact) mass is 1220 g/mol. The molecule has 9 nitrogen and oxygen atoms in total. The van der Waals surface area contributed by atoms with Gasteiger partial charge in [-0.25, -0.2) is 4.57 Å². The molecule has 490 valence electrons. The molecule has 10 heteroatoms. The second kappa shape index (κ2) is 70.2. The van der Waals surface area contributed by atoms with E-state index in [2.05, 4.69) is 196 Å². The van der Waals surface area contributed by atoms with Crippen LogP contribution in [0, 0.1) is 0 Å². The van der Waals surface area contributed by atoms with Crippen LogP contribution < -0.4 is 5.73 Å². The van der Waals surface area contributed by atoms with Crippen LogP contribution in [0.1, 0.15) is 258 Å². The summed E-state index contributed by atoms with van der Waals surface area (Å²) in [5.74, 6) is -0.850. The largest absolute Gasteiger partial charge is 0.472 e. The van der Waals surface area contributed by atoms with Gasteiger partial charge in [0.1, 0.15) is 6.61 Å². The van der Waals surface area contributed by atoms with Crippen LogP contribution in [0.5, 0.6) is 0 Å². The quantitative estimate of drug-likeness (QED) is 0.0264. The second-order valence-electron chi connectivity index (χ2n) is 21.9. The number of allylic oxidation sites excluding steroid dienone is 30. The smallest absolute Gasteiger partial charge is 0.462 e. The van der Waals surface area contributed by atoms with E-state index >= 15 is 0 Å². The van der Waals surface area contributed by atoms with Crippen LogP contribution >= 0.6 is 7.82 Å². The van der Waals surface area contributed by atoms with E-state index in [-0.39, 0.29) is 32.6 Å². The molecule has 87 heavy (non-hydrogen) atoms. The first-order chi connectivity index (χ1) is 42.8. The lowest BCUT2D eigenvalue weighted by Gasteiger charge is -2.19. The maximum Gasteiger partial charge on any atom is 0.472 e. The minimum atomic E-state index is -4.41. The Labute approximate surface area is 533 Å². The Kier molecular flexibility index (Phi) is 66.3. The molecule has 2 atom stereocenters. The summed E-state index contributed by atoms with van der Waals surface area (Å²) in [6, 6.07) is 0. The first kappa shape index (κ1) is 82.1. The van der Waals surface area contributed by atoms with E-state index in [4.69, 9.17) is 24.3 Å². The number of nitrogens with two attached hydrogens (primary N) is 1. The average Bonchev–Trinajstić information content (AvgIpc) is 3.64. The predicted molar refractivity (Wildman–Crippen MR) is 376 cm³/mol. The van der Waals surface area contributed by atoms with Gasteiger partial charge in [-0.15, -0.1) is 0 Å². The highest BCUT2D eigenvalue weighted by atomic mass is 31.2. The van der Waals surface area contributed by atoms with Crippen LogP contribution in [0.25, 0.3) is 0 Å².